The predicted octanol–water partition coefficient (Wildman–Crippen LogP) is 1.14. The Morgan fingerprint density at radius 2 is 2.00 bits per heavy atom. The number of nitrogens with one attached hydrogen (secondary N) is 1. The van der Waals surface area contributed by atoms with Crippen LogP contribution in [0.2, 0.25) is 0 Å². The van der Waals surface area contributed by atoms with Gasteiger partial charge in [0.25, 0.3) is 11.6 Å². The molecule has 0 saturated carbocycles. The predicted molar refractivity (Wildman–Crippen MR) is 83.5 cm³/mol. The molecular formula is C13H17F3N6O2S. The van der Waals surface area contributed by atoms with E-state index in [9.17, 15) is 21.6 Å². The minimum atomic E-state index is -4.65. The number of aromatic nitrogens is 4. The van der Waals surface area contributed by atoms with E-state index >= 15 is 0 Å². The lowest BCUT2D eigenvalue weighted by Gasteiger charge is -2.38. The van der Waals surface area contributed by atoms with E-state index in [1.54, 1.807) is 19.9 Å². The van der Waals surface area contributed by atoms with Crippen LogP contribution in [0.4, 0.5) is 19.0 Å². The Kier molecular flexibility index (Phi) is 4.35. The number of nitrogens with zero attached hydrogens (tertiary/aromatic N) is 5. The molecule has 0 unspecified atom stereocenters. The summed E-state index contributed by atoms with van der Waals surface area (Å²) in [7, 11) is -3.19. The molecule has 12 heteroatoms. The topological polar surface area (TPSA) is 92.5 Å². The molecule has 0 aliphatic carbocycles. The third-order valence-electron chi connectivity index (χ3n) is 3.95. The van der Waals surface area contributed by atoms with Gasteiger partial charge < -0.3 is 5.32 Å². The van der Waals surface area contributed by atoms with E-state index in [2.05, 4.69) is 20.4 Å². The van der Waals surface area contributed by atoms with E-state index < -0.39 is 22.0 Å². The molecule has 1 fully saturated rings. The Balaban J connectivity index is 1.73. The monoisotopic (exact) mass is 378 g/mol. The number of aryl methyl sites for hydroxylation is 1. The van der Waals surface area contributed by atoms with E-state index in [0.717, 1.165) is 4.52 Å². The molecule has 1 N–H and O–H groups in total. The average molecular weight is 378 g/mol. The molecule has 0 bridgehead atoms. The standard InChI is InChI=1S/C13H17F3N6O2S/c1-3-25(23,24)21-6-9(7-21)5-17-10-4-8(2)18-12-19-11(13(14,15)16)20-22(10)12/h4,9,17H,3,5-7H2,1-2H3. The Morgan fingerprint density at radius 3 is 2.60 bits per heavy atom. The smallest absolute Gasteiger partial charge is 0.369 e. The third kappa shape index (κ3) is 3.54. The highest BCUT2D eigenvalue weighted by Gasteiger charge is 2.37. The molecule has 3 rings (SSSR count). The second-order valence-electron chi connectivity index (χ2n) is 5.89. The SMILES string of the molecule is CCS(=O)(=O)N1CC(CNc2cc(C)nc3nc(C(F)(F)F)nn23)C1. The lowest BCUT2D eigenvalue weighted by atomic mass is 10.0. The van der Waals surface area contributed by atoms with Crippen LogP contribution in [0, 0.1) is 12.8 Å². The van der Waals surface area contributed by atoms with Crippen molar-refractivity contribution in [3.63, 3.8) is 0 Å². The van der Waals surface area contributed by atoms with Crippen molar-refractivity contribution >= 4 is 21.6 Å². The van der Waals surface area contributed by atoms with Crippen LogP contribution < -0.4 is 5.32 Å². The fourth-order valence-corrected chi connectivity index (χ4v) is 3.78. The van der Waals surface area contributed by atoms with Crippen molar-refractivity contribution in [1.29, 1.82) is 0 Å². The molecule has 25 heavy (non-hydrogen) atoms. The largest absolute Gasteiger partial charge is 0.453 e. The molecule has 0 aromatic carbocycles. The normalized spacial score (nSPS) is 17.0. The number of halogens is 3. The molecule has 138 valence electrons. The molecule has 1 aliphatic heterocycles. The van der Waals surface area contributed by atoms with Gasteiger partial charge in [0.1, 0.15) is 5.82 Å². The molecular weight excluding hydrogens is 361 g/mol. The van der Waals surface area contributed by atoms with E-state index in [0.29, 0.717) is 31.1 Å². The van der Waals surface area contributed by atoms with Gasteiger partial charge in [0.15, 0.2) is 0 Å². The second-order valence-corrected chi connectivity index (χ2v) is 8.15. The lowest BCUT2D eigenvalue weighted by Crippen LogP contribution is -2.52. The van der Waals surface area contributed by atoms with Crippen LogP contribution in [0.25, 0.3) is 5.78 Å². The van der Waals surface area contributed by atoms with Crippen LogP contribution in [0.15, 0.2) is 6.07 Å². The Bertz CT molecular complexity index is 889. The highest BCUT2D eigenvalue weighted by Crippen LogP contribution is 2.27. The van der Waals surface area contributed by atoms with Gasteiger partial charge >= 0.3 is 6.18 Å². The Labute approximate surface area is 142 Å². The maximum absolute atomic E-state index is 12.8. The Morgan fingerprint density at radius 1 is 1.32 bits per heavy atom. The maximum Gasteiger partial charge on any atom is 0.453 e. The molecule has 2 aromatic rings. The first-order chi connectivity index (χ1) is 11.6. The van der Waals surface area contributed by atoms with E-state index in [1.165, 1.54) is 4.31 Å². The number of fused-ring (bicyclic) bond motifs is 1. The zero-order valence-electron chi connectivity index (χ0n) is 13.6. The second kappa shape index (κ2) is 6.09. The summed E-state index contributed by atoms with van der Waals surface area (Å²) in [4.78, 5) is 7.36. The fourth-order valence-electron chi connectivity index (χ4n) is 2.54. The summed E-state index contributed by atoms with van der Waals surface area (Å²) in [5.41, 5.74) is 0.500. The summed E-state index contributed by atoms with van der Waals surface area (Å²) in [6.45, 7) is 4.42. The number of anilines is 1. The van der Waals surface area contributed by atoms with Crippen molar-refractivity contribution in [2.24, 2.45) is 5.92 Å². The third-order valence-corrected chi connectivity index (χ3v) is 5.76. The number of rotatable bonds is 5. The van der Waals surface area contributed by atoms with Crippen molar-refractivity contribution < 1.29 is 21.6 Å². The summed E-state index contributed by atoms with van der Waals surface area (Å²) < 4.78 is 64.1. The Hall–Kier alpha value is -1.95. The molecule has 3 heterocycles. The van der Waals surface area contributed by atoms with Crippen LogP contribution in [0.3, 0.4) is 0 Å². The van der Waals surface area contributed by atoms with E-state index in [1.807, 2.05) is 0 Å². The quantitative estimate of drug-likeness (QED) is 0.839. The van der Waals surface area contributed by atoms with E-state index in [4.69, 9.17) is 0 Å². The van der Waals surface area contributed by atoms with Gasteiger partial charge in [-0.25, -0.2) is 17.7 Å². The van der Waals surface area contributed by atoms with Gasteiger partial charge in [-0.2, -0.15) is 22.7 Å². The summed E-state index contributed by atoms with van der Waals surface area (Å²) >= 11 is 0. The van der Waals surface area contributed by atoms with Gasteiger partial charge in [-0.05, 0) is 13.8 Å². The van der Waals surface area contributed by atoms with Crippen molar-refractivity contribution in [3.8, 4) is 0 Å². The van der Waals surface area contributed by atoms with Gasteiger partial charge in [-0.15, -0.1) is 5.10 Å². The molecule has 0 atom stereocenters. The first-order valence-electron chi connectivity index (χ1n) is 7.63. The number of hydrogen-bond donors (Lipinski definition) is 1. The minimum Gasteiger partial charge on any atom is -0.369 e. The zero-order chi connectivity index (χ0) is 18.4. The van der Waals surface area contributed by atoms with Crippen molar-refractivity contribution in [2.45, 2.75) is 20.0 Å². The first kappa shape index (κ1) is 17.9. The molecule has 2 aromatic heterocycles. The van der Waals surface area contributed by atoms with Crippen molar-refractivity contribution in [1.82, 2.24) is 23.9 Å². The number of alkyl halides is 3. The summed E-state index contributed by atoms with van der Waals surface area (Å²) in [5.74, 6) is -0.926. The minimum absolute atomic E-state index is 0.0521. The highest BCUT2D eigenvalue weighted by atomic mass is 32.2. The fraction of sp³-hybridized carbons (Fsp3) is 0.615. The first-order valence-corrected chi connectivity index (χ1v) is 9.24. The maximum atomic E-state index is 12.8. The lowest BCUT2D eigenvalue weighted by molar-refractivity contribution is -0.144. The van der Waals surface area contributed by atoms with Crippen LogP contribution in [-0.2, 0) is 16.2 Å². The molecule has 0 spiro atoms. The summed E-state index contributed by atoms with van der Waals surface area (Å²) in [5, 5.41) is 6.48. The molecule has 1 aliphatic rings. The van der Waals surface area contributed by atoms with Gasteiger partial charge in [0, 0.05) is 37.3 Å². The van der Waals surface area contributed by atoms with Crippen LogP contribution in [0.5, 0.6) is 0 Å². The zero-order valence-corrected chi connectivity index (χ0v) is 14.4. The van der Waals surface area contributed by atoms with Gasteiger partial charge in [0.05, 0.1) is 5.75 Å². The van der Waals surface area contributed by atoms with E-state index in [-0.39, 0.29) is 17.4 Å². The van der Waals surface area contributed by atoms with Crippen LogP contribution >= 0.6 is 0 Å². The van der Waals surface area contributed by atoms with Crippen molar-refractivity contribution in [3.05, 3.63) is 17.6 Å². The molecule has 0 amide bonds. The molecule has 0 radical (unpaired) electrons. The summed E-state index contributed by atoms with van der Waals surface area (Å²) in [6.07, 6.45) is -4.65. The highest BCUT2D eigenvalue weighted by molar-refractivity contribution is 7.89. The van der Waals surface area contributed by atoms with Crippen molar-refractivity contribution in [2.75, 3.05) is 30.7 Å². The summed E-state index contributed by atoms with van der Waals surface area (Å²) in [6, 6.07) is 1.57. The van der Waals surface area contributed by atoms with Gasteiger partial charge in [-0.3, -0.25) is 0 Å². The van der Waals surface area contributed by atoms with Crippen LogP contribution in [0.1, 0.15) is 18.4 Å². The number of sulfonamides is 1. The van der Waals surface area contributed by atoms with Gasteiger partial charge in [-0.1, -0.05) is 0 Å². The van der Waals surface area contributed by atoms with Crippen LogP contribution in [-0.4, -0.2) is 57.7 Å². The molecule has 8 nitrogen and oxygen atoms in total. The molecule has 1 saturated heterocycles. The van der Waals surface area contributed by atoms with Gasteiger partial charge in [0.2, 0.25) is 10.0 Å². The average Bonchev–Trinajstić information content (AvgIpc) is 2.89. The number of hydrogen-bond acceptors (Lipinski definition) is 6.